The van der Waals surface area contributed by atoms with Gasteiger partial charge in [-0.15, -0.1) is 0 Å². The Morgan fingerprint density at radius 2 is 1.85 bits per heavy atom. The number of anilines is 1. The Balaban J connectivity index is 1.86. The summed E-state index contributed by atoms with van der Waals surface area (Å²) in [7, 11) is 0. The van der Waals surface area contributed by atoms with E-state index >= 15 is 0 Å². The van der Waals surface area contributed by atoms with E-state index in [0.717, 1.165) is 18.2 Å². The minimum Gasteiger partial charge on any atom is -0.482 e. The van der Waals surface area contributed by atoms with Gasteiger partial charge in [-0.1, -0.05) is 29.8 Å². The van der Waals surface area contributed by atoms with Gasteiger partial charge in [0.05, 0.1) is 16.3 Å². The number of carbonyl (C=O) groups is 2. The van der Waals surface area contributed by atoms with Gasteiger partial charge in [-0.3, -0.25) is 4.79 Å². The number of halogens is 4. The predicted octanol–water partition coefficient (Wildman–Crippen LogP) is 4.31. The maximum atomic E-state index is 12.6. The van der Waals surface area contributed by atoms with E-state index in [1.165, 1.54) is 13.0 Å². The normalized spacial score (nSPS) is 12.2. The van der Waals surface area contributed by atoms with Crippen LogP contribution in [0.5, 0.6) is 5.75 Å². The lowest BCUT2D eigenvalue weighted by molar-refractivity contribution is -0.155. The Bertz CT molecular complexity index is 826. The third-order valence-electron chi connectivity index (χ3n) is 3.33. The molecule has 2 rings (SSSR count). The lowest BCUT2D eigenvalue weighted by Gasteiger charge is -2.15. The molecule has 0 saturated heterocycles. The molecule has 1 unspecified atom stereocenters. The van der Waals surface area contributed by atoms with Gasteiger partial charge in [0, 0.05) is 0 Å². The van der Waals surface area contributed by atoms with E-state index in [4.69, 9.17) is 21.1 Å². The summed E-state index contributed by atoms with van der Waals surface area (Å²) >= 11 is 5.92. The van der Waals surface area contributed by atoms with Crippen LogP contribution in [0.25, 0.3) is 0 Å². The highest BCUT2D eigenvalue weighted by molar-refractivity contribution is 6.33. The maximum absolute atomic E-state index is 12.6. The fourth-order valence-corrected chi connectivity index (χ4v) is 2.17. The second-order valence-electron chi connectivity index (χ2n) is 5.42. The van der Waals surface area contributed by atoms with Crippen LogP contribution in [0.15, 0.2) is 48.5 Å². The van der Waals surface area contributed by atoms with Crippen molar-refractivity contribution in [1.29, 1.82) is 0 Å². The van der Waals surface area contributed by atoms with Gasteiger partial charge in [0.25, 0.3) is 5.91 Å². The fourth-order valence-electron chi connectivity index (χ4n) is 1.99. The number of alkyl halides is 3. The van der Waals surface area contributed by atoms with E-state index in [2.05, 4.69) is 5.32 Å². The summed E-state index contributed by atoms with van der Waals surface area (Å²) < 4.78 is 47.8. The number of para-hydroxylation sites is 1. The average molecular weight is 402 g/mol. The Morgan fingerprint density at radius 3 is 2.52 bits per heavy atom. The van der Waals surface area contributed by atoms with E-state index in [9.17, 15) is 22.8 Å². The second kappa shape index (κ2) is 8.77. The molecule has 0 spiro atoms. The first-order valence-electron chi connectivity index (χ1n) is 7.72. The monoisotopic (exact) mass is 401 g/mol. The number of hydrogen-bond donors (Lipinski definition) is 1. The van der Waals surface area contributed by atoms with Gasteiger partial charge in [0.15, 0.2) is 12.7 Å². The van der Waals surface area contributed by atoms with Gasteiger partial charge in [0.1, 0.15) is 5.75 Å². The van der Waals surface area contributed by atoms with Crippen LogP contribution in [-0.4, -0.2) is 24.6 Å². The van der Waals surface area contributed by atoms with Gasteiger partial charge < -0.3 is 14.8 Å². The summed E-state index contributed by atoms with van der Waals surface area (Å²) in [5.74, 6) is -1.67. The molecule has 0 aliphatic carbocycles. The summed E-state index contributed by atoms with van der Waals surface area (Å²) in [6, 6.07) is 10.6. The molecule has 1 N–H and O–H groups in total. The summed E-state index contributed by atoms with van der Waals surface area (Å²) in [5, 5.41) is 2.82. The Labute approximate surface area is 158 Å². The lowest BCUT2D eigenvalue weighted by Crippen LogP contribution is -2.31. The third kappa shape index (κ3) is 6.18. The largest absolute Gasteiger partial charge is 0.482 e. The highest BCUT2D eigenvalue weighted by Gasteiger charge is 2.30. The van der Waals surface area contributed by atoms with Gasteiger partial charge in [-0.2, -0.15) is 13.2 Å². The molecule has 2 aromatic rings. The van der Waals surface area contributed by atoms with Crippen LogP contribution in [0.4, 0.5) is 18.9 Å². The second-order valence-corrected chi connectivity index (χ2v) is 5.82. The quantitative estimate of drug-likeness (QED) is 0.733. The molecular formula is C18H15ClF3NO4. The molecule has 5 nitrogen and oxygen atoms in total. The van der Waals surface area contributed by atoms with E-state index < -0.39 is 36.3 Å². The summed E-state index contributed by atoms with van der Waals surface area (Å²) in [6.45, 7) is 0.694. The van der Waals surface area contributed by atoms with Crippen LogP contribution in [0.3, 0.4) is 0 Å². The third-order valence-corrected chi connectivity index (χ3v) is 3.66. The zero-order chi connectivity index (χ0) is 20.0. The van der Waals surface area contributed by atoms with E-state index in [-0.39, 0.29) is 5.75 Å². The molecule has 0 radical (unpaired) electrons. The van der Waals surface area contributed by atoms with Crippen molar-refractivity contribution in [2.24, 2.45) is 0 Å². The van der Waals surface area contributed by atoms with Crippen molar-refractivity contribution >= 4 is 29.2 Å². The highest BCUT2D eigenvalue weighted by atomic mass is 35.5. The number of esters is 1. The van der Waals surface area contributed by atoms with E-state index in [1.807, 2.05) is 0 Å². The molecule has 0 aliphatic rings. The average Bonchev–Trinajstić information content (AvgIpc) is 2.61. The minimum absolute atomic E-state index is 0.144. The molecule has 2 aromatic carbocycles. The lowest BCUT2D eigenvalue weighted by atomic mass is 10.2. The fraction of sp³-hybridized carbons (Fsp3) is 0.222. The zero-order valence-corrected chi connectivity index (χ0v) is 14.8. The van der Waals surface area contributed by atoms with E-state index in [1.54, 1.807) is 24.3 Å². The van der Waals surface area contributed by atoms with Crippen LogP contribution in [0, 0.1) is 0 Å². The Kier molecular flexibility index (Phi) is 6.68. The zero-order valence-electron chi connectivity index (χ0n) is 14.0. The number of benzene rings is 2. The van der Waals surface area contributed by atoms with Crippen LogP contribution < -0.4 is 10.1 Å². The summed E-state index contributed by atoms with van der Waals surface area (Å²) in [6.07, 6.45) is -5.68. The number of rotatable bonds is 6. The van der Waals surface area contributed by atoms with Crippen LogP contribution >= 0.6 is 11.6 Å². The molecule has 0 aromatic heterocycles. The molecule has 1 atom stereocenters. The molecule has 0 aliphatic heterocycles. The molecular weight excluding hydrogens is 387 g/mol. The molecule has 0 saturated carbocycles. The number of hydrogen-bond acceptors (Lipinski definition) is 4. The van der Waals surface area contributed by atoms with E-state index in [0.29, 0.717) is 10.7 Å². The van der Waals surface area contributed by atoms with Gasteiger partial charge in [-0.25, -0.2) is 4.79 Å². The first-order chi connectivity index (χ1) is 12.7. The van der Waals surface area contributed by atoms with Crippen LogP contribution in [0.2, 0.25) is 5.02 Å². The van der Waals surface area contributed by atoms with Crippen molar-refractivity contribution in [3.8, 4) is 5.75 Å². The SMILES string of the molecule is CC(OC(=O)COc1cccc(C(F)(F)F)c1)C(=O)Nc1ccccc1Cl. The molecule has 144 valence electrons. The highest BCUT2D eigenvalue weighted by Crippen LogP contribution is 2.31. The maximum Gasteiger partial charge on any atom is 0.416 e. The number of nitrogens with one attached hydrogen (secondary N) is 1. The van der Waals surface area contributed by atoms with Gasteiger partial charge in [-0.05, 0) is 37.3 Å². The van der Waals surface area contributed by atoms with Crippen molar-refractivity contribution in [1.82, 2.24) is 0 Å². The van der Waals surface area contributed by atoms with Crippen LogP contribution in [-0.2, 0) is 20.5 Å². The van der Waals surface area contributed by atoms with Crippen molar-refractivity contribution in [2.75, 3.05) is 11.9 Å². The molecule has 1 amide bonds. The van der Waals surface area contributed by atoms with Crippen molar-refractivity contribution < 1.29 is 32.2 Å². The first-order valence-corrected chi connectivity index (χ1v) is 8.09. The Hall–Kier alpha value is -2.74. The molecule has 27 heavy (non-hydrogen) atoms. The first kappa shape index (κ1) is 20.6. The number of amides is 1. The molecule has 9 heteroatoms. The molecule has 0 heterocycles. The van der Waals surface area contributed by atoms with Gasteiger partial charge >= 0.3 is 12.1 Å². The van der Waals surface area contributed by atoms with Crippen molar-refractivity contribution in [2.45, 2.75) is 19.2 Å². The van der Waals surface area contributed by atoms with Crippen molar-refractivity contribution in [3.05, 3.63) is 59.1 Å². The van der Waals surface area contributed by atoms with Crippen LogP contribution in [0.1, 0.15) is 12.5 Å². The van der Waals surface area contributed by atoms with Gasteiger partial charge in [0.2, 0.25) is 0 Å². The topological polar surface area (TPSA) is 64.6 Å². The van der Waals surface area contributed by atoms with Crippen molar-refractivity contribution in [3.63, 3.8) is 0 Å². The molecule has 0 bridgehead atoms. The number of ether oxygens (including phenoxy) is 2. The summed E-state index contributed by atoms with van der Waals surface area (Å²) in [5.41, 5.74) is -0.548. The Morgan fingerprint density at radius 1 is 1.15 bits per heavy atom. The summed E-state index contributed by atoms with van der Waals surface area (Å²) in [4.78, 5) is 23.8. The number of carbonyl (C=O) groups excluding carboxylic acids is 2. The smallest absolute Gasteiger partial charge is 0.416 e. The molecule has 0 fully saturated rings. The predicted molar refractivity (Wildman–Crippen MR) is 92.6 cm³/mol. The minimum atomic E-state index is -4.52. The standard InChI is InChI=1S/C18H15ClF3NO4/c1-11(17(25)23-15-8-3-2-7-14(15)19)27-16(24)10-26-13-6-4-5-12(9-13)18(20,21)22/h2-9,11H,10H2,1H3,(H,23,25).